The first kappa shape index (κ1) is 26.1. The van der Waals surface area contributed by atoms with Crippen molar-refractivity contribution in [2.75, 3.05) is 4.90 Å². The zero-order valence-corrected chi connectivity index (χ0v) is 21.6. The van der Waals surface area contributed by atoms with Crippen molar-refractivity contribution in [2.45, 2.75) is 6.18 Å². The van der Waals surface area contributed by atoms with E-state index in [1.54, 1.807) is 42.5 Å². The smallest absolute Gasteiger partial charge is 0.416 e. The summed E-state index contributed by atoms with van der Waals surface area (Å²) in [7, 11) is 0. The summed E-state index contributed by atoms with van der Waals surface area (Å²) >= 11 is 15.7. The number of carbonyl (C=O) groups excluding carboxylic acids is 1. The van der Waals surface area contributed by atoms with Crippen LogP contribution in [-0.2, 0) is 11.0 Å². The van der Waals surface area contributed by atoms with E-state index in [1.165, 1.54) is 11.0 Å². The molecule has 184 valence electrons. The first-order chi connectivity index (χ1) is 16.9. The molecule has 1 amide bonds. The van der Waals surface area contributed by atoms with Crippen LogP contribution in [-0.4, -0.2) is 15.2 Å². The second-order valence-electron chi connectivity index (χ2n) is 7.22. The molecule has 1 aliphatic rings. The zero-order valence-electron chi connectivity index (χ0n) is 17.6. The molecule has 3 aromatic carbocycles. The Morgan fingerprint density at radius 1 is 1.08 bits per heavy atom. The lowest BCUT2D eigenvalue weighted by Crippen LogP contribution is -2.27. The van der Waals surface area contributed by atoms with E-state index < -0.39 is 22.4 Å². The maximum atomic E-state index is 12.9. The maximum absolute atomic E-state index is 12.9. The van der Waals surface area contributed by atoms with Gasteiger partial charge in [0.05, 0.1) is 25.6 Å². The van der Waals surface area contributed by atoms with Gasteiger partial charge < -0.3 is 4.74 Å². The number of alkyl halides is 3. The van der Waals surface area contributed by atoms with Crippen LogP contribution in [0.3, 0.4) is 0 Å². The minimum Gasteiger partial charge on any atom is -0.449 e. The minimum atomic E-state index is -4.74. The molecule has 36 heavy (non-hydrogen) atoms. The van der Waals surface area contributed by atoms with E-state index in [2.05, 4.69) is 15.9 Å². The third kappa shape index (κ3) is 5.56. The first-order valence-electron chi connectivity index (χ1n) is 9.80. The molecular weight excluding hydrogens is 605 g/mol. The molecule has 0 aromatic heterocycles. The van der Waals surface area contributed by atoms with Crippen LogP contribution >= 0.6 is 51.5 Å². The molecule has 0 atom stereocenters. The highest BCUT2D eigenvalue weighted by atomic mass is 79.9. The number of anilines is 1. The molecule has 1 aliphatic heterocycles. The van der Waals surface area contributed by atoms with Crippen LogP contribution in [0.25, 0.3) is 6.08 Å². The predicted molar refractivity (Wildman–Crippen MR) is 139 cm³/mol. The van der Waals surface area contributed by atoms with Gasteiger partial charge in [0, 0.05) is 11.1 Å². The first-order valence-corrected chi connectivity index (χ1v) is 12.2. The number of nitro benzene ring substituents is 1. The number of halogens is 5. The van der Waals surface area contributed by atoms with Crippen molar-refractivity contribution in [2.24, 2.45) is 0 Å². The van der Waals surface area contributed by atoms with E-state index in [0.717, 1.165) is 17.8 Å². The van der Waals surface area contributed by atoms with Crippen LogP contribution in [0.15, 0.2) is 70.0 Å². The zero-order chi connectivity index (χ0) is 26.2. The Labute approximate surface area is 225 Å². The Kier molecular flexibility index (Phi) is 7.41. The van der Waals surface area contributed by atoms with Gasteiger partial charge in [-0.1, -0.05) is 41.6 Å². The Balaban J connectivity index is 1.58. The van der Waals surface area contributed by atoms with Crippen LogP contribution in [0, 0.1) is 10.1 Å². The third-order valence-corrected chi connectivity index (χ3v) is 7.01. The highest BCUT2D eigenvalue weighted by Gasteiger charge is 2.34. The molecule has 4 rings (SSSR count). The Bertz CT molecular complexity index is 1430. The molecule has 0 saturated carbocycles. The van der Waals surface area contributed by atoms with Gasteiger partial charge in [0.1, 0.15) is 5.75 Å². The fourth-order valence-electron chi connectivity index (χ4n) is 3.16. The standard InChI is InChI=1S/C23H11BrClF3N2O4S2/c24-16-9-12(10-20-21(31)29(22(35)36-20)15-5-3-14(25)4-6-15)1-7-18(16)34-19-8-2-13(23(26,27)28)11-17(19)30(32)33/h1-11H/b20-10-. The van der Waals surface area contributed by atoms with Gasteiger partial charge in [0.25, 0.3) is 5.91 Å². The van der Waals surface area contributed by atoms with Gasteiger partial charge in [0.15, 0.2) is 4.32 Å². The van der Waals surface area contributed by atoms with E-state index >= 15 is 0 Å². The predicted octanol–water partition coefficient (Wildman–Crippen LogP) is 8.23. The number of hydrogen-bond acceptors (Lipinski definition) is 6. The summed E-state index contributed by atoms with van der Waals surface area (Å²) in [6.07, 6.45) is -3.12. The molecule has 0 spiro atoms. The third-order valence-electron chi connectivity index (χ3n) is 4.84. The van der Waals surface area contributed by atoms with Gasteiger partial charge in [-0.05, 0) is 76.1 Å². The number of thioether (sulfide) groups is 1. The second-order valence-corrected chi connectivity index (χ2v) is 10.2. The number of hydrogen-bond donors (Lipinski definition) is 0. The van der Waals surface area contributed by atoms with Crippen LogP contribution in [0.5, 0.6) is 11.5 Å². The molecule has 1 fully saturated rings. The number of amides is 1. The highest BCUT2D eigenvalue weighted by Crippen LogP contribution is 2.41. The number of nitrogens with zero attached hydrogens (tertiary/aromatic N) is 2. The van der Waals surface area contributed by atoms with E-state index in [0.29, 0.717) is 42.1 Å². The quantitative estimate of drug-likeness (QED) is 0.125. The van der Waals surface area contributed by atoms with Crippen LogP contribution < -0.4 is 9.64 Å². The van der Waals surface area contributed by atoms with E-state index in [4.69, 9.17) is 28.6 Å². The van der Waals surface area contributed by atoms with Crippen molar-refractivity contribution in [3.05, 3.63) is 96.3 Å². The van der Waals surface area contributed by atoms with Gasteiger partial charge in [-0.2, -0.15) is 13.2 Å². The average Bonchev–Trinajstić information content (AvgIpc) is 3.08. The minimum absolute atomic E-state index is 0.128. The number of thiocarbonyl (C=S) groups is 1. The fraction of sp³-hybridized carbons (Fsp3) is 0.0435. The Morgan fingerprint density at radius 2 is 1.75 bits per heavy atom. The lowest BCUT2D eigenvalue weighted by atomic mass is 10.1. The Morgan fingerprint density at radius 3 is 2.36 bits per heavy atom. The molecule has 0 radical (unpaired) electrons. The van der Waals surface area contributed by atoms with Crippen molar-refractivity contribution in [3.8, 4) is 11.5 Å². The fourth-order valence-corrected chi connectivity index (χ4v) is 5.07. The van der Waals surface area contributed by atoms with Gasteiger partial charge in [-0.15, -0.1) is 0 Å². The lowest BCUT2D eigenvalue weighted by molar-refractivity contribution is -0.385. The van der Waals surface area contributed by atoms with Crippen molar-refractivity contribution < 1.29 is 27.6 Å². The molecule has 1 heterocycles. The highest BCUT2D eigenvalue weighted by molar-refractivity contribution is 9.10. The number of carbonyl (C=O) groups is 1. The molecule has 0 aliphatic carbocycles. The van der Waals surface area contributed by atoms with Crippen molar-refractivity contribution in [1.82, 2.24) is 0 Å². The summed E-state index contributed by atoms with van der Waals surface area (Å²) in [6, 6.07) is 13.3. The van der Waals surface area contributed by atoms with Crippen LogP contribution in [0.1, 0.15) is 11.1 Å². The molecule has 0 N–H and O–H groups in total. The lowest BCUT2D eigenvalue weighted by Gasteiger charge is -2.14. The number of ether oxygens (including phenoxy) is 1. The summed E-state index contributed by atoms with van der Waals surface area (Å²) in [4.78, 5) is 25.1. The van der Waals surface area contributed by atoms with Crippen LogP contribution in [0.4, 0.5) is 24.5 Å². The summed E-state index contributed by atoms with van der Waals surface area (Å²) in [5, 5.41) is 11.8. The van der Waals surface area contributed by atoms with Gasteiger partial charge >= 0.3 is 11.9 Å². The van der Waals surface area contributed by atoms with Crippen molar-refractivity contribution in [3.63, 3.8) is 0 Å². The number of benzene rings is 3. The van der Waals surface area contributed by atoms with Crippen molar-refractivity contribution in [1.29, 1.82) is 0 Å². The number of rotatable bonds is 5. The van der Waals surface area contributed by atoms with Gasteiger partial charge in [-0.25, -0.2) is 0 Å². The normalized spacial score (nSPS) is 15.0. The molecule has 3 aromatic rings. The SMILES string of the molecule is O=C1/C(=C/c2ccc(Oc3ccc(C(F)(F)F)cc3[N+](=O)[O-])c(Br)c2)SC(=S)N1c1ccc(Cl)cc1. The van der Waals surface area contributed by atoms with Crippen molar-refractivity contribution >= 4 is 79.2 Å². The summed E-state index contributed by atoms with van der Waals surface area (Å²) < 4.78 is 45.0. The average molecular weight is 616 g/mol. The second kappa shape index (κ2) is 10.2. The Hall–Kier alpha value is -2.93. The monoisotopic (exact) mass is 614 g/mol. The molecule has 13 heteroatoms. The van der Waals surface area contributed by atoms with Gasteiger partial charge in [-0.3, -0.25) is 19.8 Å². The maximum Gasteiger partial charge on any atom is 0.416 e. The van der Waals surface area contributed by atoms with Crippen LogP contribution in [0.2, 0.25) is 5.02 Å². The summed E-state index contributed by atoms with van der Waals surface area (Å²) in [5.74, 6) is -0.543. The molecule has 6 nitrogen and oxygen atoms in total. The van der Waals surface area contributed by atoms with Gasteiger partial charge in [0.2, 0.25) is 5.75 Å². The van der Waals surface area contributed by atoms with E-state index in [-0.39, 0.29) is 17.4 Å². The molecular formula is C23H11BrClF3N2O4S2. The molecule has 1 saturated heterocycles. The number of nitro groups is 1. The summed E-state index contributed by atoms with van der Waals surface area (Å²) in [5.41, 5.74) is -0.820. The molecule has 0 unspecified atom stereocenters. The molecule has 0 bridgehead atoms. The summed E-state index contributed by atoms with van der Waals surface area (Å²) in [6.45, 7) is 0. The van der Waals surface area contributed by atoms with E-state index in [1.807, 2.05) is 0 Å². The topological polar surface area (TPSA) is 72.7 Å². The van der Waals surface area contributed by atoms with E-state index in [9.17, 15) is 28.1 Å². The largest absolute Gasteiger partial charge is 0.449 e.